The minimum atomic E-state index is -0.380. The molecule has 21 heavy (non-hydrogen) atoms. The lowest BCUT2D eigenvalue weighted by atomic mass is 9.98. The van der Waals surface area contributed by atoms with Crippen molar-refractivity contribution in [3.63, 3.8) is 0 Å². The Labute approximate surface area is 121 Å². The van der Waals surface area contributed by atoms with Crippen LogP contribution >= 0.6 is 0 Å². The molecule has 1 aliphatic rings. The second-order valence-electron chi connectivity index (χ2n) is 5.71. The van der Waals surface area contributed by atoms with Gasteiger partial charge in [0.2, 0.25) is 0 Å². The molecule has 0 aromatic carbocycles. The molecule has 0 bridgehead atoms. The molecule has 2 aromatic rings. The Balaban J connectivity index is 2.11. The normalized spacial score (nSPS) is 16.5. The quantitative estimate of drug-likeness (QED) is 0.816. The number of hydrogen-bond acceptors (Lipinski definition) is 4. The van der Waals surface area contributed by atoms with Crippen LogP contribution in [0, 0.1) is 0 Å². The third-order valence-electron chi connectivity index (χ3n) is 4.26. The summed E-state index contributed by atoms with van der Waals surface area (Å²) in [5.41, 5.74) is 0.0400. The molecule has 0 spiro atoms. The van der Waals surface area contributed by atoms with Crippen LogP contribution < -0.4 is 16.0 Å². The van der Waals surface area contributed by atoms with Crippen LogP contribution in [-0.2, 0) is 21.1 Å². The monoisotopic (exact) mass is 292 g/mol. The molecule has 0 atom stereocenters. The Morgan fingerprint density at radius 1 is 1.00 bits per heavy atom. The predicted octanol–water partition coefficient (Wildman–Crippen LogP) is 0.682. The van der Waals surface area contributed by atoms with Crippen LogP contribution in [0.15, 0.2) is 9.59 Å². The molecule has 0 aliphatic heterocycles. The predicted molar refractivity (Wildman–Crippen MR) is 78.7 cm³/mol. The Hall–Kier alpha value is -2.05. The van der Waals surface area contributed by atoms with Crippen molar-refractivity contribution < 1.29 is 4.74 Å². The van der Waals surface area contributed by atoms with Gasteiger partial charge in [-0.1, -0.05) is 6.42 Å². The van der Waals surface area contributed by atoms with Crippen molar-refractivity contribution >= 4 is 11.2 Å². The standard InChI is InChI=1S/C14H20N4O3/c1-16-10-11(17(2)14(20)18(3)12(10)19)15-13(16)21-9-7-5-4-6-8-9/h9H,4-8H2,1-3H3. The molecule has 1 fully saturated rings. The highest BCUT2D eigenvalue weighted by atomic mass is 16.5. The van der Waals surface area contributed by atoms with Gasteiger partial charge in [-0.15, -0.1) is 0 Å². The number of fused-ring (bicyclic) bond motifs is 1. The number of rotatable bonds is 2. The zero-order chi connectivity index (χ0) is 15.1. The first-order valence-corrected chi connectivity index (χ1v) is 7.30. The summed E-state index contributed by atoms with van der Waals surface area (Å²) in [7, 11) is 4.83. The van der Waals surface area contributed by atoms with E-state index in [0.29, 0.717) is 17.2 Å². The first kappa shape index (κ1) is 13.9. The fourth-order valence-corrected chi connectivity index (χ4v) is 2.94. The molecule has 1 saturated carbocycles. The third kappa shape index (κ3) is 2.16. The van der Waals surface area contributed by atoms with Gasteiger partial charge in [-0.3, -0.25) is 18.5 Å². The fourth-order valence-electron chi connectivity index (χ4n) is 2.94. The highest BCUT2D eigenvalue weighted by molar-refractivity contribution is 5.71. The molecule has 7 nitrogen and oxygen atoms in total. The van der Waals surface area contributed by atoms with Crippen molar-refractivity contribution in [3.05, 3.63) is 20.8 Å². The van der Waals surface area contributed by atoms with Gasteiger partial charge in [-0.25, -0.2) is 4.79 Å². The van der Waals surface area contributed by atoms with E-state index < -0.39 is 0 Å². The first-order valence-electron chi connectivity index (χ1n) is 7.30. The maximum atomic E-state index is 12.3. The lowest BCUT2D eigenvalue weighted by Gasteiger charge is -2.22. The molecular formula is C14H20N4O3. The summed E-state index contributed by atoms with van der Waals surface area (Å²) in [5, 5.41) is 0. The fraction of sp³-hybridized carbons (Fsp3) is 0.643. The molecular weight excluding hydrogens is 272 g/mol. The van der Waals surface area contributed by atoms with E-state index >= 15 is 0 Å². The van der Waals surface area contributed by atoms with Gasteiger partial charge in [-0.05, 0) is 25.7 Å². The van der Waals surface area contributed by atoms with Gasteiger partial charge in [0.1, 0.15) is 6.10 Å². The number of hydrogen-bond donors (Lipinski definition) is 0. The minimum absolute atomic E-state index is 0.148. The average Bonchev–Trinajstić information content (AvgIpc) is 2.81. The molecule has 7 heteroatoms. The van der Waals surface area contributed by atoms with Gasteiger partial charge in [0.25, 0.3) is 11.6 Å². The second kappa shape index (κ2) is 5.05. The molecule has 114 valence electrons. The van der Waals surface area contributed by atoms with Crippen LogP contribution in [0.5, 0.6) is 6.01 Å². The average molecular weight is 292 g/mol. The molecule has 0 saturated heterocycles. The zero-order valence-electron chi connectivity index (χ0n) is 12.6. The van der Waals surface area contributed by atoms with E-state index in [2.05, 4.69) is 4.98 Å². The molecule has 1 aliphatic carbocycles. The maximum Gasteiger partial charge on any atom is 0.332 e. The largest absolute Gasteiger partial charge is 0.461 e. The van der Waals surface area contributed by atoms with E-state index in [9.17, 15) is 9.59 Å². The minimum Gasteiger partial charge on any atom is -0.461 e. The van der Waals surface area contributed by atoms with Crippen molar-refractivity contribution in [1.29, 1.82) is 0 Å². The van der Waals surface area contributed by atoms with Crippen LogP contribution in [0.25, 0.3) is 11.2 Å². The molecule has 0 radical (unpaired) electrons. The maximum absolute atomic E-state index is 12.3. The number of nitrogens with zero attached hydrogens (tertiary/aromatic N) is 4. The van der Waals surface area contributed by atoms with Gasteiger partial charge in [0.15, 0.2) is 11.2 Å². The Morgan fingerprint density at radius 3 is 2.33 bits per heavy atom. The molecule has 2 aromatic heterocycles. The Bertz CT molecular complexity index is 793. The summed E-state index contributed by atoms with van der Waals surface area (Å²) in [6, 6.07) is 0.412. The number of ether oxygens (including phenoxy) is 1. The third-order valence-corrected chi connectivity index (χ3v) is 4.26. The topological polar surface area (TPSA) is 71.1 Å². The molecule has 0 N–H and O–H groups in total. The van der Waals surface area contributed by atoms with Crippen molar-refractivity contribution in [2.24, 2.45) is 21.1 Å². The van der Waals surface area contributed by atoms with Crippen molar-refractivity contribution in [2.45, 2.75) is 38.2 Å². The van der Waals surface area contributed by atoms with Crippen LogP contribution in [0.4, 0.5) is 0 Å². The van der Waals surface area contributed by atoms with Gasteiger partial charge in [0, 0.05) is 21.1 Å². The van der Waals surface area contributed by atoms with E-state index in [4.69, 9.17) is 4.74 Å². The van der Waals surface area contributed by atoms with Crippen LogP contribution in [0.3, 0.4) is 0 Å². The van der Waals surface area contributed by atoms with Crippen molar-refractivity contribution in [1.82, 2.24) is 18.7 Å². The lowest BCUT2D eigenvalue weighted by molar-refractivity contribution is 0.138. The Kier molecular flexibility index (Phi) is 3.35. The van der Waals surface area contributed by atoms with Gasteiger partial charge in [-0.2, -0.15) is 4.98 Å². The van der Waals surface area contributed by atoms with E-state index in [-0.39, 0.29) is 17.4 Å². The molecule has 3 rings (SSSR count). The lowest BCUT2D eigenvalue weighted by Crippen LogP contribution is -2.37. The summed E-state index contributed by atoms with van der Waals surface area (Å²) >= 11 is 0. The zero-order valence-corrected chi connectivity index (χ0v) is 12.6. The van der Waals surface area contributed by atoms with Gasteiger partial charge < -0.3 is 4.74 Å². The van der Waals surface area contributed by atoms with Gasteiger partial charge >= 0.3 is 5.69 Å². The van der Waals surface area contributed by atoms with Crippen LogP contribution in [0.2, 0.25) is 0 Å². The van der Waals surface area contributed by atoms with Crippen LogP contribution in [0.1, 0.15) is 32.1 Å². The summed E-state index contributed by atoms with van der Waals surface area (Å²) in [5.74, 6) is 0. The summed E-state index contributed by atoms with van der Waals surface area (Å²) < 4.78 is 10.1. The first-order chi connectivity index (χ1) is 10.0. The van der Waals surface area contributed by atoms with E-state index in [1.807, 2.05) is 0 Å². The Morgan fingerprint density at radius 2 is 1.67 bits per heavy atom. The summed E-state index contributed by atoms with van der Waals surface area (Å²) in [4.78, 5) is 28.6. The van der Waals surface area contributed by atoms with E-state index in [1.54, 1.807) is 18.7 Å². The van der Waals surface area contributed by atoms with E-state index in [0.717, 1.165) is 30.3 Å². The number of aryl methyl sites for hydroxylation is 2. The highest BCUT2D eigenvalue weighted by Crippen LogP contribution is 2.24. The van der Waals surface area contributed by atoms with Gasteiger partial charge in [0.05, 0.1) is 0 Å². The van der Waals surface area contributed by atoms with Crippen molar-refractivity contribution in [3.8, 4) is 6.01 Å². The summed E-state index contributed by atoms with van der Waals surface area (Å²) in [6.07, 6.45) is 5.75. The van der Waals surface area contributed by atoms with E-state index in [1.165, 1.54) is 18.0 Å². The molecule has 0 unspecified atom stereocenters. The number of imidazole rings is 1. The summed E-state index contributed by atoms with van der Waals surface area (Å²) in [6.45, 7) is 0. The molecule has 2 heterocycles. The SMILES string of the molecule is Cn1c(=O)c2c(nc(OC3CCCCC3)n2C)n(C)c1=O. The number of aromatic nitrogens is 4. The van der Waals surface area contributed by atoms with Crippen LogP contribution in [-0.4, -0.2) is 24.8 Å². The molecule has 0 amide bonds. The smallest absolute Gasteiger partial charge is 0.332 e. The second-order valence-corrected chi connectivity index (χ2v) is 5.71. The van der Waals surface area contributed by atoms with Crippen molar-refractivity contribution in [2.75, 3.05) is 0 Å². The highest BCUT2D eigenvalue weighted by Gasteiger charge is 2.21.